The van der Waals surface area contributed by atoms with Crippen LogP contribution in [0.3, 0.4) is 0 Å². The quantitative estimate of drug-likeness (QED) is 0.295. The van der Waals surface area contributed by atoms with E-state index in [-0.39, 0.29) is 0 Å². The molecule has 0 aromatic carbocycles. The zero-order valence-electron chi connectivity index (χ0n) is 4.18. The molecule has 0 heterocycles. The third-order valence-electron chi connectivity index (χ3n) is 0.603. The first-order chi connectivity index (χ1) is 4.19. The highest BCUT2D eigenvalue weighted by Crippen LogP contribution is 2.39. The van der Waals surface area contributed by atoms with Gasteiger partial charge in [-0.2, -0.15) is 17.6 Å². The zero-order chi connectivity index (χ0) is 8.58. The van der Waals surface area contributed by atoms with Gasteiger partial charge < -0.3 is 0 Å². The zero-order valence-corrected chi connectivity index (χ0v) is 6.50. The summed E-state index contributed by atoms with van der Waals surface area (Å²) in [7, 11) is 0. The number of hydrogen-bond acceptors (Lipinski definition) is 1. The Morgan fingerprint density at radius 3 is 1.50 bits per heavy atom. The summed E-state index contributed by atoms with van der Waals surface area (Å²) in [5, 5.41) is -4.72. The van der Waals surface area contributed by atoms with Crippen molar-refractivity contribution < 1.29 is 17.6 Å². The maximum atomic E-state index is 11.9. The molecule has 0 spiro atoms. The molecule has 0 radical (unpaired) electrons. The van der Waals surface area contributed by atoms with Crippen LogP contribution in [0, 0.1) is 0 Å². The minimum atomic E-state index is -4.72. The summed E-state index contributed by atoms with van der Waals surface area (Å²) in [5.74, 6) is -4.63. The monoisotopic (exact) mass is 214 g/mol. The van der Waals surface area contributed by atoms with Crippen LogP contribution in [-0.4, -0.2) is 15.6 Å². The molecule has 0 atom stereocenters. The van der Waals surface area contributed by atoms with E-state index >= 15 is 0 Å². The van der Waals surface area contributed by atoms with Gasteiger partial charge in [0.05, 0.1) is 0 Å². The second kappa shape index (κ2) is 2.79. The maximum Gasteiger partial charge on any atom is 0.390 e. The normalized spacial score (nSPS) is 13.4. The third kappa shape index (κ3) is 1.93. The molecule has 0 aromatic rings. The van der Waals surface area contributed by atoms with E-state index < -0.39 is 15.6 Å². The molecule has 0 bridgehead atoms. The number of hydrogen-bond donors (Lipinski definition) is 0. The predicted molar refractivity (Wildman–Crippen MR) is 34.2 cm³/mol. The summed E-state index contributed by atoms with van der Waals surface area (Å²) in [6.07, 6.45) is 0. The van der Waals surface area contributed by atoms with Crippen molar-refractivity contribution in [2.75, 3.05) is 0 Å². The van der Waals surface area contributed by atoms with Gasteiger partial charge >= 0.3 is 11.3 Å². The van der Waals surface area contributed by atoms with Gasteiger partial charge in [0, 0.05) is 0 Å². The Morgan fingerprint density at radius 2 is 1.50 bits per heavy atom. The molecule has 0 aliphatic rings. The Bertz CT molecular complexity index is 151. The first-order valence-electron chi connectivity index (χ1n) is 1.84. The minimum absolute atomic E-state index is 1.65. The molecule has 10 heavy (non-hydrogen) atoms. The summed E-state index contributed by atoms with van der Waals surface area (Å²) in [5.41, 5.74) is 0. The fourth-order valence-corrected chi connectivity index (χ4v) is 0.557. The van der Waals surface area contributed by atoms with E-state index in [1.807, 2.05) is 0 Å². The molecule has 0 saturated heterocycles. The minimum Gasteiger partial charge on any atom is -0.191 e. The molecule has 0 aliphatic carbocycles. The van der Waals surface area contributed by atoms with Gasteiger partial charge in [-0.25, -0.2) is 0 Å². The Balaban J connectivity index is 4.57. The van der Waals surface area contributed by atoms with E-state index in [4.69, 9.17) is 0 Å². The Kier molecular flexibility index (Phi) is 2.90. The van der Waals surface area contributed by atoms with Crippen LogP contribution in [0.5, 0.6) is 0 Å². The number of halogens is 6. The summed E-state index contributed by atoms with van der Waals surface area (Å²) >= 11 is 12.1. The van der Waals surface area contributed by atoms with Crippen molar-refractivity contribution in [3.63, 3.8) is 0 Å². The van der Waals surface area contributed by atoms with Crippen molar-refractivity contribution >= 4 is 39.7 Å². The Labute approximate surface area is 69.1 Å². The van der Waals surface area contributed by atoms with Crippen LogP contribution < -0.4 is 0 Å². The maximum absolute atomic E-state index is 11.9. The standard InChI is InChI=1S/C3Cl2F4S/c4-1(10)2(6,7)3(5,8)9. The van der Waals surface area contributed by atoms with Gasteiger partial charge in [-0.3, -0.25) is 0 Å². The highest BCUT2D eigenvalue weighted by Gasteiger charge is 2.57. The fourth-order valence-electron chi connectivity index (χ4n) is 0.111. The molecule has 0 aliphatic heterocycles. The van der Waals surface area contributed by atoms with E-state index in [1.54, 1.807) is 0 Å². The van der Waals surface area contributed by atoms with E-state index in [0.29, 0.717) is 0 Å². The van der Waals surface area contributed by atoms with E-state index in [1.165, 1.54) is 0 Å². The molecule has 0 N–H and O–H groups in total. The smallest absolute Gasteiger partial charge is 0.191 e. The molecule has 0 fully saturated rings. The topological polar surface area (TPSA) is 0 Å². The first kappa shape index (κ1) is 10.4. The Hall–Kier alpha value is 0.390. The molecule has 0 saturated carbocycles. The molecule has 0 nitrogen and oxygen atoms in total. The van der Waals surface area contributed by atoms with Gasteiger partial charge in [0.1, 0.15) is 0 Å². The molecular formula is C3Cl2F4S. The summed E-state index contributed by atoms with van der Waals surface area (Å²) in [6, 6.07) is 0. The van der Waals surface area contributed by atoms with Crippen molar-refractivity contribution in [1.82, 2.24) is 0 Å². The van der Waals surface area contributed by atoms with Crippen LogP contribution in [0.2, 0.25) is 0 Å². The second-order valence-electron chi connectivity index (χ2n) is 1.35. The van der Waals surface area contributed by atoms with Crippen LogP contribution in [0.15, 0.2) is 0 Å². The van der Waals surface area contributed by atoms with E-state index in [0.717, 1.165) is 0 Å². The van der Waals surface area contributed by atoms with E-state index in [9.17, 15) is 17.6 Å². The Morgan fingerprint density at radius 1 is 1.20 bits per heavy atom. The highest BCUT2D eigenvalue weighted by molar-refractivity contribution is 7.83. The summed E-state index contributed by atoms with van der Waals surface area (Å²) < 4.78 is 45.3. The highest BCUT2D eigenvalue weighted by atomic mass is 35.5. The molecular weight excluding hydrogens is 215 g/mol. The lowest BCUT2D eigenvalue weighted by molar-refractivity contribution is -0.104. The average Bonchev–Trinajstić information content (AvgIpc) is 1.62. The lowest BCUT2D eigenvalue weighted by Gasteiger charge is -2.17. The largest absolute Gasteiger partial charge is 0.390 e. The second-order valence-corrected chi connectivity index (χ2v) is 2.83. The number of alkyl halides is 5. The van der Waals surface area contributed by atoms with Crippen molar-refractivity contribution in [3.05, 3.63) is 0 Å². The molecule has 0 amide bonds. The van der Waals surface area contributed by atoms with Gasteiger partial charge in [-0.05, 0) is 11.6 Å². The fraction of sp³-hybridized carbons (Fsp3) is 0.667. The average molecular weight is 215 g/mol. The summed E-state index contributed by atoms with van der Waals surface area (Å²) in [6.45, 7) is 0. The van der Waals surface area contributed by atoms with Gasteiger partial charge in [0.25, 0.3) is 0 Å². The van der Waals surface area contributed by atoms with Crippen LogP contribution in [-0.2, 0) is 0 Å². The SMILES string of the molecule is FC(F)(Cl)C(F)(F)C(=S)Cl. The number of thiocarbonyl (C=S) groups is 1. The first-order valence-corrected chi connectivity index (χ1v) is 3.00. The number of rotatable bonds is 2. The van der Waals surface area contributed by atoms with Crippen molar-refractivity contribution in [3.8, 4) is 0 Å². The third-order valence-corrected chi connectivity index (χ3v) is 1.33. The molecule has 0 rings (SSSR count). The van der Waals surface area contributed by atoms with Crippen LogP contribution >= 0.6 is 35.4 Å². The van der Waals surface area contributed by atoms with Gasteiger partial charge in [0.15, 0.2) is 4.32 Å². The summed E-state index contributed by atoms with van der Waals surface area (Å²) in [4.78, 5) is 0. The van der Waals surface area contributed by atoms with Crippen LogP contribution in [0.25, 0.3) is 0 Å². The molecule has 0 aromatic heterocycles. The molecule has 60 valence electrons. The van der Waals surface area contributed by atoms with Crippen molar-refractivity contribution in [2.24, 2.45) is 0 Å². The van der Waals surface area contributed by atoms with Crippen molar-refractivity contribution in [2.45, 2.75) is 11.3 Å². The van der Waals surface area contributed by atoms with Gasteiger partial charge in [-0.1, -0.05) is 23.8 Å². The van der Waals surface area contributed by atoms with Crippen LogP contribution in [0.4, 0.5) is 17.6 Å². The lowest BCUT2D eigenvalue weighted by Crippen LogP contribution is -2.39. The molecule has 0 unspecified atom stereocenters. The van der Waals surface area contributed by atoms with Crippen LogP contribution in [0.1, 0.15) is 0 Å². The van der Waals surface area contributed by atoms with Gasteiger partial charge in [-0.15, -0.1) is 0 Å². The molecule has 7 heteroatoms. The van der Waals surface area contributed by atoms with Crippen molar-refractivity contribution in [1.29, 1.82) is 0 Å². The predicted octanol–water partition coefficient (Wildman–Crippen LogP) is 3.02. The van der Waals surface area contributed by atoms with Gasteiger partial charge in [0.2, 0.25) is 0 Å². The van der Waals surface area contributed by atoms with E-state index in [2.05, 4.69) is 35.4 Å². The lowest BCUT2D eigenvalue weighted by atomic mass is 10.4.